The van der Waals surface area contributed by atoms with Crippen molar-refractivity contribution in [3.8, 4) is 0 Å². The number of nitrogens with zero attached hydrogens (tertiary/aromatic N) is 1. The van der Waals surface area contributed by atoms with E-state index in [1.54, 1.807) is 0 Å². The molecule has 3 nitrogen and oxygen atoms in total. The van der Waals surface area contributed by atoms with Crippen LogP contribution in [0.5, 0.6) is 0 Å². The Balaban J connectivity index is 1.97. The van der Waals surface area contributed by atoms with Gasteiger partial charge < -0.3 is 10.6 Å². The fraction of sp³-hybridized carbons (Fsp3) is 0.900. The largest absolute Gasteiger partial charge is 0.327 e. The van der Waals surface area contributed by atoms with E-state index in [4.69, 9.17) is 5.73 Å². The first kappa shape index (κ1) is 10.5. The van der Waals surface area contributed by atoms with Gasteiger partial charge in [0, 0.05) is 49.0 Å². The number of hydrogen-bond acceptors (Lipinski definition) is 4. The lowest BCUT2D eigenvalue weighted by molar-refractivity contribution is -0.130. The fourth-order valence-electron chi connectivity index (χ4n) is 2.39. The molecule has 0 spiro atoms. The van der Waals surface area contributed by atoms with E-state index in [9.17, 15) is 4.79 Å². The van der Waals surface area contributed by atoms with Crippen LogP contribution in [0.15, 0.2) is 0 Å². The lowest BCUT2D eigenvalue weighted by Gasteiger charge is -2.40. The Morgan fingerprint density at radius 3 is 2.57 bits per heavy atom. The molecule has 0 aliphatic carbocycles. The number of ketones is 1. The van der Waals surface area contributed by atoms with Gasteiger partial charge in [0.25, 0.3) is 0 Å². The van der Waals surface area contributed by atoms with Crippen molar-refractivity contribution >= 4 is 17.5 Å². The van der Waals surface area contributed by atoms with Crippen molar-refractivity contribution in [3.63, 3.8) is 0 Å². The van der Waals surface area contributed by atoms with E-state index in [2.05, 4.69) is 4.90 Å². The number of likely N-dealkylation sites (tertiary alicyclic amines) is 1. The molecule has 4 heteroatoms. The van der Waals surface area contributed by atoms with Crippen LogP contribution in [-0.2, 0) is 4.79 Å². The Bertz CT molecular complexity index is 216. The van der Waals surface area contributed by atoms with Gasteiger partial charge in [-0.05, 0) is 6.92 Å². The highest BCUT2D eigenvalue weighted by atomic mass is 32.2. The van der Waals surface area contributed by atoms with E-state index in [0.717, 1.165) is 31.1 Å². The number of carbonyl (C=O) groups excluding carboxylic acids is 1. The second kappa shape index (κ2) is 4.21. The zero-order valence-electron chi connectivity index (χ0n) is 8.61. The van der Waals surface area contributed by atoms with Crippen LogP contribution in [-0.4, -0.2) is 47.9 Å². The molecule has 0 saturated carbocycles. The van der Waals surface area contributed by atoms with Gasteiger partial charge in [-0.15, -0.1) is 0 Å². The minimum atomic E-state index is 0.219. The molecule has 2 heterocycles. The first-order valence-corrected chi connectivity index (χ1v) is 6.41. The van der Waals surface area contributed by atoms with Crippen LogP contribution in [0.2, 0.25) is 0 Å². The van der Waals surface area contributed by atoms with Gasteiger partial charge in [-0.1, -0.05) is 0 Å². The highest BCUT2D eigenvalue weighted by Crippen LogP contribution is 2.29. The van der Waals surface area contributed by atoms with Crippen LogP contribution in [0.1, 0.15) is 6.92 Å². The summed E-state index contributed by atoms with van der Waals surface area (Å²) < 4.78 is 0. The topological polar surface area (TPSA) is 46.3 Å². The van der Waals surface area contributed by atoms with Gasteiger partial charge in [-0.3, -0.25) is 4.79 Å². The zero-order chi connectivity index (χ0) is 10.1. The number of nitrogens with two attached hydrogens (primary N) is 1. The normalized spacial score (nSPS) is 35.7. The number of rotatable bonds is 2. The average Bonchev–Trinajstić information content (AvgIpc) is 2.05. The van der Waals surface area contributed by atoms with E-state index in [1.807, 2.05) is 18.7 Å². The number of carbonyl (C=O) groups is 1. The molecule has 0 radical (unpaired) electrons. The summed E-state index contributed by atoms with van der Waals surface area (Å²) in [6.07, 6.45) is 0. The third kappa shape index (κ3) is 2.12. The standard InChI is InChI=1S/C10H18N2OS/c1-7(11)2-12-3-8-5-14-6-9(4-12)10(8)13/h7-9H,2-6,11H2,1H3. The molecule has 0 aromatic rings. The first-order chi connectivity index (χ1) is 6.66. The van der Waals surface area contributed by atoms with Crippen molar-refractivity contribution in [1.29, 1.82) is 0 Å². The van der Waals surface area contributed by atoms with E-state index in [-0.39, 0.29) is 17.9 Å². The van der Waals surface area contributed by atoms with Crippen LogP contribution in [0, 0.1) is 11.8 Å². The van der Waals surface area contributed by atoms with Crippen LogP contribution in [0.4, 0.5) is 0 Å². The fourth-order valence-corrected chi connectivity index (χ4v) is 3.63. The number of Topliss-reactive ketones (excluding diaryl/α,β-unsaturated/α-hetero) is 1. The molecule has 2 fully saturated rings. The molecule has 0 aromatic carbocycles. The summed E-state index contributed by atoms with van der Waals surface area (Å²) >= 11 is 1.93. The highest BCUT2D eigenvalue weighted by Gasteiger charge is 2.38. The Morgan fingerprint density at radius 2 is 2.07 bits per heavy atom. The quantitative estimate of drug-likeness (QED) is 0.713. The SMILES string of the molecule is CC(N)CN1CC2CSCC(C1)C2=O. The molecule has 2 aliphatic rings. The summed E-state index contributed by atoms with van der Waals surface area (Å²) in [4.78, 5) is 14.1. The summed E-state index contributed by atoms with van der Waals surface area (Å²) in [6, 6.07) is 0.219. The second-order valence-electron chi connectivity index (χ2n) is 4.53. The highest BCUT2D eigenvalue weighted by molar-refractivity contribution is 7.99. The molecule has 14 heavy (non-hydrogen) atoms. The molecule has 2 aliphatic heterocycles. The van der Waals surface area contributed by atoms with Gasteiger partial charge in [-0.2, -0.15) is 11.8 Å². The van der Waals surface area contributed by atoms with Crippen LogP contribution < -0.4 is 5.73 Å². The number of piperidine rings is 1. The monoisotopic (exact) mass is 214 g/mol. The van der Waals surface area contributed by atoms with Crippen molar-refractivity contribution < 1.29 is 4.79 Å². The molecular weight excluding hydrogens is 196 g/mol. The summed E-state index contributed by atoms with van der Waals surface area (Å²) in [7, 11) is 0. The third-order valence-corrected chi connectivity index (χ3v) is 4.22. The maximum atomic E-state index is 11.8. The van der Waals surface area contributed by atoms with Gasteiger partial charge in [0.15, 0.2) is 0 Å². The molecule has 2 saturated heterocycles. The van der Waals surface area contributed by atoms with Crippen molar-refractivity contribution in [1.82, 2.24) is 4.90 Å². The molecule has 3 atom stereocenters. The van der Waals surface area contributed by atoms with E-state index >= 15 is 0 Å². The lowest BCUT2D eigenvalue weighted by atomic mass is 9.89. The van der Waals surface area contributed by atoms with Crippen molar-refractivity contribution in [3.05, 3.63) is 0 Å². The van der Waals surface area contributed by atoms with Crippen LogP contribution >= 0.6 is 11.8 Å². The first-order valence-electron chi connectivity index (χ1n) is 5.26. The van der Waals surface area contributed by atoms with Gasteiger partial charge in [-0.25, -0.2) is 0 Å². The predicted octanol–water partition coefficient (Wildman–Crippen LogP) is 0.198. The molecule has 0 aromatic heterocycles. The van der Waals surface area contributed by atoms with E-state index in [1.165, 1.54) is 0 Å². The summed E-state index contributed by atoms with van der Waals surface area (Å²) in [6.45, 7) is 4.83. The molecule has 2 rings (SSSR count). The minimum Gasteiger partial charge on any atom is -0.327 e. The molecular formula is C10H18N2OS. The molecule has 2 N–H and O–H groups in total. The Kier molecular flexibility index (Phi) is 3.14. The smallest absolute Gasteiger partial charge is 0.143 e. The number of fused-ring (bicyclic) bond motifs is 2. The van der Waals surface area contributed by atoms with Crippen molar-refractivity contribution in [2.24, 2.45) is 17.6 Å². The van der Waals surface area contributed by atoms with Crippen LogP contribution in [0.3, 0.4) is 0 Å². The van der Waals surface area contributed by atoms with Crippen molar-refractivity contribution in [2.75, 3.05) is 31.1 Å². The van der Waals surface area contributed by atoms with Gasteiger partial charge >= 0.3 is 0 Å². The Labute approximate surface area is 89.4 Å². The van der Waals surface area contributed by atoms with Gasteiger partial charge in [0.2, 0.25) is 0 Å². The van der Waals surface area contributed by atoms with Crippen molar-refractivity contribution in [2.45, 2.75) is 13.0 Å². The number of hydrogen-bond donors (Lipinski definition) is 1. The summed E-state index contributed by atoms with van der Waals surface area (Å²) in [5.74, 6) is 3.11. The molecule has 0 amide bonds. The number of thioether (sulfide) groups is 1. The van der Waals surface area contributed by atoms with Gasteiger partial charge in [0.05, 0.1) is 0 Å². The molecule has 2 bridgehead atoms. The van der Waals surface area contributed by atoms with Crippen LogP contribution in [0.25, 0.3) is 0 Å². The predicted molar refractivity (Wildman–Crippen MR) is 59.4 cm³/mol. The zero-order valence-corrected chi connectivity index (χ0v) is 9.43. The summed E-state index contributed by atoms with van der Waals surface area (Å²) in [5, 5.41) is 0. The van der Waals surface area contributed by atoms with Gasteiger partial charge in [0.1, 0.15) is 5.78 Å². The maximum absolute atomic E-state index is 11.8. The lowest BCUT2D eigenvalue weighted by Crippen LogP contribution is -2.53. The average molecular weight is 214 g/mol. The molecule has 3 unspecified atom stereocenters. The molecule has 80 valence electrons. The second-order valence-corrected chi connectivity index (χ2v) is 5.60. The summed E-state index contributed by atoms with van der Waals surface area (Å²) in [5.41, 5.74) is 5.78. The maximum Gasteiger partial charge on any atom is 0.143 e. The Morgan fingerprint density at radius 1 is 1.50 bits per heavy atom. The van der Waals surface area contributed by atoms with E-state index < -0.39 is 0 Å². The van der Waals surface area contributed by atoms with E-state index in [0.29, 0.717) is 5.78 Å². The third-order valence-electron chi connectivity index (χ3n) is 2.95. The minimum absolute atomic E-state index is 0.219. The Hall–Kier alpha value is -0.0600.